The Kier molecular flexibility index (Phi) is 5.98. The molecule has 4 aromatic rings. The Morgan fingerprint density at radius 2 is 1.31 bits per heavy atom. The standard InChI is InChI=1S/C32H29NO2/c1-3-8-23(9-4-1)21-34-26-16-14-25(15-17-26)32-29-13-7-12-28(29)30-20-27(18-19-31(30)33-32)35-22-24-10-5-2-6-11-24/h1-12,14-20,28-29,32-33H,13,21-22H2. The van der Waals surface area contributed by atoms with E-state index in [9.17, 15) is 0 Å². The van der Waals surface area contributed by atoms with Crippen molar-refractivity contribution in [2.75, 3.05) is 5.32 Å². The number of fused-ring (bicyclic) bond motifs is 3. The van der Waals surface area contributed by atoms with Gasteiger partial charge < -0.3 is 14.8 Å². The SMILES string of the molecule is C1=CC2c3cc(OCc4ccccc4)ccc3NC(c3ccc(OCc4ccccc4)cc3)C2C1. The average Bonchev–Trinajstić information content (AvgIpc) is 3.42. The number of hydrogen-bond acceptors (Lipinski definition) is 3. The first-order chi connectivity index (χ1) is 17.3. The van der Waals surface area contributed by atoms with E-state index in [1.807, 2.05) is 36.4 Å². The zero-order valence-electron chi connectivity index (χ0n) is 19.6. The lowest BCUT2D eigenvalue weighted by Gasteiger charge is -2.37. The van der Waals surface area contributed by atoms with Gasteiger partial charge in [0.1, 0.15) is 24.7 Å². The lowest BCUT2D eigenvalue weighted by molar-refractivity contribution is 0.305. The number of hydrogen-bond donors (Lipinski definition) is 1. The third-order valence-electron chi connectivity index (χ3n) is 7.07. The zero-order chi connectivity index (χ0) is 23.5. The second-order valence-electron chi connectivity index (χ2n) is 9.34. The van der Waals surface area contributed by atoms with Crippen molar-refractivity contribution < 1.29 is 9.47 Å². The molecule has 1 heterocycles. The van der Waals surface area contributed by atoms with Crippen molar-refractivity contribution in [1.82, 2.24) is 0 Å². The highest BCUT2D eigenvalue weighted by Gasteiger charge is 2.38. The number of rotatable bonds is 7. The third kappa shape index (κ3) is 4.67. The molecule has 3 atom stereocenters. The summed E-state index contributed by atoms with van der Waals surface area (Å²) in [5.74, 6) is 2.70. The Morgan fingerprint density at radius 1 is 0.686 bits per heavy atom. The van der Waals surface area contributed by atoms with Crippen molar-refractivity contribution in [3.8, 4) is 11.5 Å². The Hall–Kier alpha value is -3.98. The van der Waals surface area contributed by atoms with Crippen LogP contribution in [0.15, 0.2) is 115 Å². The molecule has 2 aliphatic rings. The van der Waals surface area contributed by atoms with Crippen LogP contribution in [0, 0.1) is 5.92 Å². The molecule has 6 rings (SSSR count). The average molecular weight is 460 g/mol. The van der Waals surface area contributed by atoms with Gasteiger partial charge in [-0.25, -0.2) is 0 Å². The van der Waals surface area contributed by atoms with Crippen LogP contribution < -0.4 is 14.8 Å². The molecule has 0 aromatic heterocycles. The first-order valence-corrected chi connectivity index (χ1v) is 12.3. The topological polar surface area (TPSA) is 30.5 Å². The van der Waals surface area contributed by atoms with E-state index in [2.05, 4.69) is 84.2 Å². The molecule has 0 bridgehead atoms. The van der Waals surface area contributed by atoms with Crippen LogP contribution in [0.3, 0.4) is 0 Å². The lowest BCUT2D eigenvalue weighted by Crippen LogP contribution is -2.29. The number of nitrogens with one attached hydrogen (secondary N) is 1. The minimum Gasteiger partial charge on any atom is -0.489 e. The third-order valence-corrected chi connectivity index (χ3v) is 7.07. The molecule has 0 saturated carbocycles. The van der Waals surface area contributed by atoms with Gasteiger partial charge >= 0.3 is 0 Å². The quantitative estimate of drug-likeness (QED) is 0.288. The maximum atomic E-state index is 6.12. The molecule has 0 radical (unpaired) electrons. The van der Waals surface area contributed by atoms with Gasteiger partial charge in [0.15, 0.2) is 0 Å². The number of anilines is 1. The van der Waals surface area contributed by atoms with Crippen LogP contribution in [0.2, 0.25) is 0 Å². The maximum absolute atomic E-state index is 6.12. The highest BCUT2D eigenvalue weighted by Crippen LogP contribution is 2.50. The van der Waals surface area contributed by atoms with Crippen LogP contribution in [0.25, 0.3) is 0 Å². The minimum absolute atomic E-state index is 0.266. The van der Waals surface area contributed by atoms with Crippen molar-refractivity contribution in [1.29, 1.82) is 0 Å². The van der Waals surface area contributed by atoms with E-state index in [-0.39, 0.29) is 6.04 Å². The molecule has 35 heavy (non-hydrogen) atoms. The lowest BCUT2D eigenvalue weighted by atomic mass is 9.77. The molecule has 3 unspecified atom stereocenters. The molecular weight excluding hydrogens is 430 g/mol. The molecule has 3 heteroatoms. The predicted octanol–water partition coefficient (Wildman–Crippen LogP) is 7.67. The molecule has 0 fully saturated rings. The van der Waals surface area contributed by atoms with E-state index in [0.717, 1.165) is 17.9 Å². The highest BCUT2D eigenvalue weighted by atomic mass is 16.5. The van der Waals surface area contributed by atoms with E-state index in [4.69, 9.17) is 9.47 Å². The molecule has 1 aliphatic heterocycles. The first kappa shape index (κ1) is 21.5. The minimum atomic E-state index is 0.266. The summed E-state index contributed by atoms with van der Waals surface area (Å²) < 4.78 is 12.1. The summed E-state index contributed by atoms with van der Waals surface area (Å²) in [5.41, 5.74) is 6.17. The van der Waals surface area contributed by atoms with Gasteiger partial charge in [0.25, 0.3) is 0 Å². The summed E-state index contributed by atoms with van der Waals surface area (Å²) in [7, 11) is 0. The first-order valence-electron chi connectivity index (χ1n) is 12.3. The van der Waals surface area contributed by atoms with Crippen LogP contribution in [0.5, 0.6) is 11.5 Å². The van der Waals surface area contributed by atoms with Crippen molar-refractivity contribution in [2.45, 2.75) is 31.6 Å². The highest BCUT2D eigenvalue weighted by molar-refractivity contribution is 5.61. The van der Waals surface area contributed by atoms with Crippen LogP contribution in [-0.4, -0.2) is 0 Å². The number of allylic oxidation sites excluding steroid dienone is 2. The van der Waals surface area contributed by atoms with Gasteiger partial charge in [-0.15, -0.1) is 0 Å². The normalized spacial score (nSPS) is 19.9. The second kappa shape index (κ2) is 9.71. The van der Waals surface area contributed by atoms with Crippen molar-refractivity contribution in [2.24, 2.45) is 5.92 Å². The van der Waals surface area contributed by atoms with E-state index >= 15 is 0 Å². The van der Waals surface area contributed by atoms with Gasteiger partial charge in [-0.1, -0.05) is 84.9 Å². The van der Waals surface area contributed by atoms with Gasteiger partial charge in [0, 0.05) is 11.6 Å². The van der Waals surface area contributed by atoms with E-state index in [1.165, 1.54) is 27.9 Å². The second-order valence-corrected chi connectivity index (χ2v) is 9.34. The number of ether oxygens (including phenoxy) is 2. The summed E-state index contributed by atoms with van der Waals surface area (Å²) in [5, 5.41) is 3.83. The molecule has 1 aliphatic carbocycles. The van der Waals surface area contributed by atoms with Crippen LogP contribution >= 0.6 is 0 Å². The summed E-state index contributed by atoms with van der Waals surface area (Å²) in [6.45, 7) is 1.16. The maximum Gasteiger partial charge on any atom is 0.120 e. The Bertz CT molecular complexity index is 1300. The van der Waals surface area contributed by atoms with Gasteiger partial charge in [0.05, 0.1) is 6.04 Å². The fourth-order valence-corrected chi connectivity index (χ4v) is 5.25. The molecule has 4 aromatic carbocycles. The Balaban J connectivity index is 1.17. The number of benzene rings is 4. The van der Waals surface area contributed by atoms with Crippen LogP contribution in [-0.2, 0) is 13.2 Å². The van der Waals surface area contributed by atoms with Gasteiger partial charge in [-0.3, -0.25) is 0 Å². The fraction of sp³-hybridized carbons (Fsp3) is 0.188. The van der Waals surface area contributed by atoms with Gasteiger partial charge in [-0.2, -0.15) is 0 Å². The smallest absolute Gasteiger partial charge is 0.120 e. The summed E-state index contributed by atoms with van der Waals surface area (Å²) in [6.07, 6.45) is 5.77. The summed E-state index contributed by atoms with van der Waals surface area (Å²) >= 11 is 0. The van der Waals surface area contributed by atoms with E-state index in [0.29, 0.717) is 25.0 Å². The molecule has 0 amide bonds. The molecule has 0 saturated heterocycles. The van der Waals surface area contributed by atoms with Gasteiger partial charge in [-0.05, 0) is 64.9 Å². The monoisotopic (exact) mass is 459 g/mol. The van der Waals surface area contributed by atoms with Crippen LogP contribution in [0.4, 0.5) is 5.69 Å². The molecular formula is C32H29NO2. The fourth-order valence-electron chi connectivity index (χ4n) is 5.25. The molecule has 3 nitrogen and oxygen atoms in total. The zero-order valence-corrected chi connectivity index (χ0v) is 19.6. The summed E-state index contributed by atoms with van der Waals surface area (Å²) in [6, 6.07) is 35.9. The Morgan fingerprint density at radius 3 is 2.00 bits per heavy atom. The van der Waals surface area contributed by atoms with E-state index < -0.39 is 0 Å². The van der Waals surface area contributed by atoms with Gasteiger partial charge in [0.2, 0.25) is 0 Å². The summed E-state index contributed by atoms with van der Waals surface area (Å²) in [4.78, 5) is 0. The largest absolute Gasteiger partial charge is 0.489 e. The Labute approximate surface area is 207 Å². The van der Waals surface area contributed by atoms with Crippen molar-refractivity contribution >= 4 is 5.69 Å². The van der Waals surface area contributed by atoms with Crippen LogP contribution in [0.1, 0.15) is 40.6 Å². The van der Waals surface area contributed by atoms with E-state index in [1.54, 1.807) is 0 Å². The predicted molar refractivity (Wildman–Crippen MR) is 141 cm³/mol. The van der Waals surface area contributed by atoms with Crippen molar-refractivity contribution in [3.63, 3.8) is 0 Å². The molecule has 1 N–H and O–H groups in total. The molecule has 0 spiro atoms. The van der Waals surface area contributed by atoms with Crippen molar-refractivity contribution in [3.05, 3.63) is 138 Å². The molecule has 174 valence electrons.